The molecule has 0 unspecified atom stereocenters. The Bertz CT molecular complexity index is 312. The number of rotatable bonds is 5. The summed E-state index contributed by atoms with van der Waals surface area (Å²) in [5.41, 5.74) is 0. The maximum atomic E-state index is 5.32. The molecule has 0 N–H and O–H groups in total. The predicted molar refractivity (Wildman–Crippen MR) is 60.3 cm³/mol. The van der Waals surface area contributed by atoms with Crippen molar-refractivity contribution in [2.45, 2.75) is 17.0 Å². The van der Waals surface area contributed by atoms with Crippen LogP contribution in [0, 0.1) is 0 Å². The molecule has 0 aromatic heterocycles. The van der Waals surface area contributed by atoms with Crippen LogP contribution in [0.5, 0.6) is 0 Å². The minimum absolute atomic E-state index is 0.699. The van der Waals surface area contributed by atoms with Crippen LogP contribution in [0.4, 0.5) is 0 Å². The Hall–Kier alpha value is 0.0931. The second kappa shape index (κ2) is 5.98. The van der Waals surface area contributed by atoms with Gasteiger partial charge >= 0.3 is 105 Å². The summed E-state index contributed by atoms with van der Waals surface area (Å²) >= 11 is 3.74. The van der Waals surface area contributed by atoms with E-state index in [2.05, 4.69) is 36.5 Å². The van der Waals surface area contributed by atoms with Crippen LogP contribution in [0.2, 0.25) is 4.13 Å². The van der Waals surface area contributed by atoms with Crippen molar-refractivity contribution in [2.24, 2.45) is 0 Å². The van der Waals surface area contributed by atoms with Crippen molar-refractivity contribution >= 4 is 11.9 Å². The van der Waals surface area contributed by atoms with E-state index in [-0.39, 0.29) is 0 Å². The van der Waals surface area contributed by atoms with Gasteiger partial charge in [-0.2, -0.15) is 0 Å². The van der Waals surface area contributed by atoms with Crippen molar-refractivity contribution in [3.63, 3.8) is 0 Å². The number of hydrogen-bond donors (Lipinski definition) is 0. The van der Waals surface area contributed by atoms with Gasteiger partial charge in [-0.3, -0.25) is 0 Å². The molecular formula is C12H14ClOZr. The quantitative estimate of drug-likeness (QED) is 0.749. The molecule has 15 heavy (non-hydrogen) atoms. The molecule has 0 spiro atoms. The fourth-order valence-corrected chi connectivity index (χ4v) is 9.00. The SMILES string of the molecule is ClOC[CH2][Zr]([C]1=CC=CC1)[C]1=CC=CC1. The van der Waals surface area contributed by atoms with Crippen LogP contribution in [0.15, 0.2) is 43.0 Å². The Balaban J connectivity index is 2.02. The van der Waals surface area contributed by atoms with Gasteiger partial charge in [0.25, 0.3) is 0 Å². The normalized spacial score (nSPS) is 18.2. The first-order valence-electron chi connectivity index (χ1n) is 5.23. The molecule has 0 bridgehead atoms. The van der Waals surface area contributed by atoms with Crippen molar-refractivity contribution in [3.8, 4) is 0 Å². The predicted octanol–water partition coefficient (Wildman–Crippen LogP) is 3.88. The van der Waals surface area contributed by atoms with Crippen molar-refractivity contribution in [2.75, 3.05) is 6.61 Å². The summed E-state index contributed by atoms with van der Waals surface area (Å²) in [6.07, 6.45) is 15.8. The Labute approximate surface area is 104 Å². The first kappa shape index (κ1) is 11.6. The van der Waals surface area contributed by atoms with Gasteiger partial charge in [0.1, 0.15) is 0 Å². The molecule has 0 heterocycles. The third kappa shape index (κ3) is 3.03. The average Bonchev–Trinajstić information content (AvgIpc) is 2.90. The average molecular weight is 301 g/mol. The molecule has 0 amide bonds. The summed E-state index contributed by atoms with van der Waals surface area (Å²) < 4.78 is 9.25. The first-order chi connectivity index (χ1) is 7.42. The number of halogens is 1. The molecular weight excluding hydrogens is 287 g/mol. The number of allylic oxidation sites excluding steroid dienone is 8. The van der Waals surface area contributed by atoms with E-state index in [1.807, 2.05) is 0 Å². The second-order valence-corrected chi connectivity index (χ2v) is 10.6. The topological polar surface area (TPSA) is 9.23 Å². The summed E-state index contributed by atoms with van der Waals surface area (Å²) in [7, 11) is 0. The van der Waals surface area contributed by atoms with Gasteiger partial charge in [-0.05, 0) is 0 Å². The van der Waals surface area contributed by atoms with E-state index in [9.17, 15) is 0 Å². The molecule has 0 aromatic rings. The molecule has 0 fully saturated rings. The molecule has 1 nitrogen and oxygen atoms in total. The molecule has 2 aliphatic carbocycles. The van der Waals surface area contributed by atoms with Crippen LogP contribution in [0.3, 0.4) is 0 Å². The summed E-state index contributed by atoms with van der Waals surface area (Å²) in [5.74, 6) is 0. The molecule has 0 saturated heterocycles. The Kier molecular flexibility index (Phi) is 4.62. The van der Waals surface area contributed by atoms with E-state index < -0.39 is 21.8 Å². The van der Waals surface area contributed by atoms with Crippen LogP contribution in [-0.4, -0.2) is 6.61 Å². The molecule has 79 valence electrons. The zero-order valence-corrected chi connectivity index (χ0v) is 11.8. The van der Waals surface area contributed by atoms with Crippen molar-refractivity contribution < 1.29 is 26.0 Å². The van der Waals surface area contributed by atoms with E-state index in [1.165, 1.54) is 4.13 Å². The van der Waals surface area contributed by atoms with E-state index in [0.717, 1.165) is 12.8 Å². The van der Waals surface area contributed by atoms with Gasteiger partial charge in [0, 0.05) is 0 Å². The van der Waals surface area contributed by atoms with E-state index in [0.29, 0.717) is 6.61 Å². The minimum atomic E-state index is -1.58. The second-order valence-electron chi connectivity index (χ2n) is 3.69. The van der Waals surface area contributed by atoms with E-state index in [4.69, 9.17) is 16.2 Å². The van der Waals surface area contributed by atoms with Crippen LogP contribution < -0.4 is 0 Å². The van der Waals surface area contributed by atoms with E-state index in [1.54, 1.807) is 6.56 Å². The Morgan fingerprint density at radius 2 is 1.73 bits per heavy atom. The van der Waals surface area contributed by atoms with Gasteiger partial charge < -0.3 is 0 Å². The Morgan fingerprint density at radius 3 is 2.13 bits per heavy atom. The van der Waals surface area contributed by atoms with Gasteiger partial charge in [0.15, 0.2) is 0 Å². The molecule has 0 atom stereocenters. The molecule has 3 heteroatoms. The third-order valence-corrected chi connectivity index (χ3v) is 10.3. The molecule has 2 rings (SSSR count). The van der Waals surface area contributed by atoms with E-state index >= 15 is 0 Å². The van der Waals surface area contributed by atoms with Crippen molar-refractivity contribution in [1.29, 1.82) is 0 Å². The summed E-state index contributed by atoms with van der Waals surface area (Å²) in [6.45, 7) is 0.699. The van der Waals surface area contributed by atoms with Gasteiger partial charge in [0.2, 0.25) is 0 Å². The Morgan fingerprint density at radius 1 is 1.13 bits per heavy atom. The maximum absolute atomic E-state index is 5.32. The molecule has 0 radical (unpaired) electrons. The van der Waals surface area contributed by atoms with Crippen LogP contribution in [0.1, 0.15) is 12.8 Å². The van der Waals surface area contributed by atoms with Gasteiger partial charge in [-0.1, -0.05) is 0 Å². The summed E-state index contributed by atoms with van der Waals surface area (Å²) in [4.78, 5) is 0. The van der Waals surface area contributed by atoms with Crippen molar-refractivity contribution in [1.82, 2.24) is 0 Å². The van der Waals surface area contributed by atoms with Crippen LogP contribution in [-0.2, 0) is 26.0 Å². The summed E-state index contributed by atoms with van der Waals surface area (Å²) in [6, 6.07) is 0. The summed E-state index contributed by atoms with van der Waals surface area (Å²) in [5, 5.41) is 0. The fourth-order valence-electron chi connectivity index (χ4n) is 2.01. The number of hydrogen-bond acceptors (Lipinski definition) is 1. The standard InChI is InChI=1S/2C5H5.C2H4ClO.Zr/c2*1-2-4-5-3-1;1-2-4-3;/h2*1-3H,4H2;1-2H2;. The van der Waals surface area contributed by atoms with Gasteiger partial charge in [0.05, 0.1) is 0 Å². The van der Waals surface area contributed by atoms with Crippen LogP contribution >= 0.6 is 11.9 Å². The zero-order valence-electron chi connectivity index (χ0n) is 8.58. The molecule has 0 aliphatic heterocycles. The monoisotopic (exact) mass is 299 g/mol. The van der Waals surface area contributed by atoms with Gasteiger partial charge in [-0.15, -0.1) is 0 Å². The van der Waals surface area contributed by atoms with Crippen molar-refractivity contribution in [3.05, 3.63) is 43.0 Å². The third-order valence-electron chi connectivity index (χ3n) is 2.75. The molecule has 2 aliphatic rings. The molecule has 0 aromatic carbocycles. The first-order valence-corrected chi connectivity index (χ1v) is 9.74. The van der Waals surface area contributed by atoms with Gasteiger partial charge in [-0.25, -0.2) is 0 Å². The molecule has 0 saturated carbocycles. The zero-order chi connectivity index (χ0) is 10.5. The fraction of sp³-hybridized carbons (Fsp3) is 0.333. The van der Waals surface area contributed by atoms with Crippen LogP contribution in [0.25, 0.3) is 0 Å².